The van der Waals surface area contributed by atoms with Crippen LogP contribution in [-0.2, 0) is 13.8 Å². The van der Waals surface area contributed by atoms with Gasteiger partial charge in [-0.15, -0.1) is 0 Å². The Kier molecular flexibility index (Phi) is 7.05. The van der Waals surface area contributed by atoms with E-state index in [4.69, 9.17) is 14.5 Å². The third-order valence-electron chi connectivity index (χ3n) is 4.82. The number of hydrogen-bond donors (Lipinski definition) is 5. The first-order chi connectivity index (χ1) is 15.0. The van der Waals surface area contributed by atoms with E-state index in [2.05, 4.69) is 14.8 Å². The van der Waals surface area contributed by atoms with Crippen molar-refractivity contribution in [2.45, 2.75) is 37.5 Å². The maximum Gasteiger partial charge on any atom is 0.470 e. The molecule has 1 aliphatic heterocycles. The Balaban J connectivity index is 1.81. The number of hydrogen-bond acceptors (Lipinski definition) is 10. The first kappa shape index (κ1) is 23.9. The van der Waals surface area contributed by atoms with Gasteiger partial charge in [-0.2, -0.15) is 4.98 Å². The number of nitrogens with one attached hydrogen (secondary N) is 1. The van der Waals surface area contributed by atoms with E-state index in [0.29, 0.717) is 5.56 Å². The zero-order valence-electron chi connectivity index (χ0n) is 16.6. The van der Waals surface area contributed by atoms with Gasteiger partial charge in [-0.3, -0.25) is 19.2 Å². The van der Waals surface area contributed by atoms with Gasteiger partial charge < -0.3 is 30.1 Å². The lowest BCUT2D eigenvalue weighted by atomic mass is 10.1. The fourth-order valence-electron chi connectivity index (χ4n) is 3.39. The Hall–Kier alpha value is -2.71. The lowest BCUT2D eigenvalue weighted by molar-refractivity contribution is -0.385. The molecule has 0 radical (unpaired) electrons. The molecule has 5 atom stereocenters. The number of nitro groups is 1. The van der Waals surface area contributed by atoms with Crippen LogP contribution in [-0.4, -0.2) is 59.4 Å². The molecular weight excluding hydrogens is 451 g/mol. The van der Waals surface area contributed by atoms with E-state index in [9.17, 15) is 29.7 Å². The summed E-state index contributed by atoms with van der Waals surface area (Å²) in [6, 6.07) is 6.87. The molecular formula is C17H21N4O10P. The number of phosphoric acid groups is 1. The minimum Gasteiger partial charge on any atom is -0.394 e. The van der Waals surface area contributed by atoms with E-state index in [1.807, 2.05) is 0 Å². The average molecular weight is 472 g/mol. The molecule has 15 heteroatoms. The number of benzene rings is 1. The maximum absolute atomic E-state index is 12.5. The molecule has 0 amide bonds. The van der Waals surface area contributed by atoms with E-state index in [0.717, 1.165) is 4.57 Å². The maximum atomic E-state index is 12.5. The molecule has 3 rings (SSSR count). The van der Waals surface area contributed by atoms with Gasteiger partial charge in [0.15, 0.2) is 6.23 Å². The fourth-order valence-corrected chi connectivity index (χ4v) is 3.97. The zero-order valence-corrected chi connectivity index (χ0v) is 17.5. The van der Waals surface area contributed by atoms with Crippen LogP contribution in [0.4, 0.5) is 11.5 Å². The van der Waals surface area contributed by atoms with Crippen molar-refractivity contribution in [1.29, 1.82) is 0 Å². The summed E-state index contributed by atoms with van der Waals surface area (Å²) < 4.78 is 21.8. The number of nitrogens with zero attached hydrogens (tertiary/aromatic N) is 3. The molecule has 0 bridgehead atoms. The molecule has 14 nitrogen and oxygen atoms in total. The lowest BCUT2D eigenvalue weighted by Crippen LogP contribution is -2.37. The first-order valence-electron chi connectivity index (χ1n) is 9.29. The molecule has 5 N–H and O–H groups in total. The molecule has 2 aromatic rings. The molecule has 1 aliphatic rings. The normalized spacial score (nSPS) is 24.3. The van der Waals surface area contributed by atoms with Crippen LogP contribution in [0, 0.1) is 10.1 Å². The number of aliphatic hydroxyl groups excluding tert-OH is 2. The lowest BCUT2D eigenvalue weighted by Gasteiger charge is -2.20. The first-order valence-corrected chi connectivity index (χ1v) is 10.8. The van der Waals surface area contributed by atoms with E-state index in [-0.39, 0.29) is 11.5 Å². The van der Waals surface area contributed by atoms with Gasteiger partial charge in [-0.25, -0.2) is 9.36 Å². The molecule has 0 aliphatic carbocycles. The Morgan fingerprint density at radius 3 is 2.66 bits per heavy atom. The van der Waals surface area contributed by atoms with Crippen molar-refractivity contribution in [3.05, 3.63) is 62.7 Å². The summed E-state index contributed by atoms with van der Waals surface area (Å²) in [5, 5.41) is 33.8. The highest BCUT2D eigenvalue weighted by Crippen LogP contribution is 2.43. The highest BCUT2D eigenvalue weighted by Gasteiger charge is 2.48. The minimum absolute atomic E-state index is 0.0890. The average Bonchev–Trinajstić information content (AvgIpc) is 3.02. The second-order valence-corrected chi connectivity index (χ2v) is 8.18. The van der Waals surface area contributed by atoms with Crippen molar-refractivity contribution >= 4 is 19.3 Å². The van der Waals surface area contributed by atoms with E-state index in [1.165, 1.54) is 24.4 Å². The van der Waals surface area contributed by atoms with Gasteiger partial charge in [0.1, 0.15) is 24.1 Å². The van der Waals surface area contributed by atoms with Gasteiger partial charge in [0.2, 0.25) is 0 Å². The number of para-hydroxylation sites is 1. The van der Waals surface area contributed by atoms with Crippen molar-refractivity contribution in [3.8, 4) is 0 Å². The molecule has 1 fully saturated rings. The summed E-state index contributed by atoms with van der Waals surface area (Å²) in [6.07, 6.45) is -4.79. The van der Waals surface area contributed by atoms with Gasteiger partial charge in [-0.1, -0.05) is 18.2 Å². The summed E-state index contributed by atoms with van der Waals surface area (Å²) in [4.78, 5) is 45.0. The minimum atomic E-state index is -5.01. The largest absolute Gasteiger partial charge is 0.470 e. The Morgan fingerprint density at radius 1 is 1.38 bits per heavy atom. The van der Waals surface area contributed by atoms with Crippen LogP contribution in [0.15, 0.2) is 41.3 Å². The predicted octanol–water partition coefficient (Wildman–Crippen LogP) is 0.0531. The number of aromatic nitrogens is 2. The van der Waals surface area contributed by atoms with Gasteiger partial charge >= 0.3 is 13.5 Å². The number of nitro benzene ring substituents is 1. The second kappa shape index (κ2) is 9.42. The monoisotopic (exact) mass is 472 g/mol. The standard InChI is InChI=1S/C17H21N4O10P/c1-9(10-4-2-3-5-11(10)21(25)26)18-13-6-7-20(17(24)19-13)16-14(23)15(12(8-22)30-16)31-32(27,28)29/h2-7,9,12,14-16,22-23H,8H2,1H3,(H,18,19,24)(H2,27,28,29)/t9-,12+,14+,15+,16+/m0/s1. The van der Waals surface area contributed by atoms with Crippen molar-refractivity contribution in [2.24, 2.45) is 0 Å². The third-order valence-corrected chi connectivity index (χ3v) is 5.33. The fraction of sp³-hybridized carbons (Fsp3) is 0.412. The number of anilines is 1. The summed E-state index contributed by atoms with van der Waals surface area (Å²) in [5.41, 5.74) is -0.613. The van der Waals surface area contributed by atoms with E-state index < -0.39 is 55.6 Å². The number of rotatable bonds is 8. The van der Waals surface area contributed by atoms with Gasteiger partial charge in [0, 0.05) is 12.3 Å². The van der Waals surface area contributed by atoms with Crippen LogP contribution in [0.3, 0.4) is 0 Å². The molecule has 0 spiro atoms. The number of ether oxygens (including phenoxy) is 1. The van der Waals surface area contributed by atoms with Gasteiger partial charge in [-0.05, 0) is 13.0 Å². The number of phosphoric ester groups is 1. The summed E-state index contributed by atoms with van der Waals surface area (Å²) in [5.74, 6) is 0.0890. The SMILES string of the molecule is C[C@H](Nc1ccn([C@@H]2O[C@H](CO)[C@@H](OP(=O)(O)O)[C@H]2O)c(=O)n1)c1ccccc1[N+](=O)[O-]. The van der Waals surface area contributed by atoms with Crippen LogP contribution in [0.25, 0.3) is 0 Å². The molecule has 2 heterocycles. The molecule has 1 aromatic carbocycles. The highest BCUT2D eigenvalue weighted by atomic mass is 31.2. The Labute approximate surface area is 180 Å². The molecule has 0 unspecified atom stereocenters. The van der Waals surface area contributed by atoms with Crippen molar-refractivity contribution in [2.75, 3.05) is 11.9 Å². The van der Waals surface area contributed by atoms with Crippen LogP contribution in [0.5, 0.6) is 0 Å². The summed E-state index contributed by atoms with van der Waals surface area (Å²) in [7, 11) is -5.01. The van der Waals surface area contributed by atoms with Crippen LogP contribution < -0.4 is 11.0 Å². The summed E-state index contributed by atoms with van der Waals surface area (Å²) in [6.45, 7) is 0.919. The molecule has 0 saturated carbocycles. The Morgan fingerprint density at radius 2 is 2.06 bits per heavy atom. The van der Waals surface area contributed by atoms with Crippen LogP contribution in [0.1, 0.15) is 24.8 Å². The van der Waals surface area contributed by atoms with Crippen molar-refractivity contribution in [3.63, 3.8) is 0 Å². The Bertz CT molecular complexity index is 1090. The van der Waals surface area contributed by atoms with Gasteiger partial charge in [0.05, 0.1) is 23.1 Å². The summed E-state index contributed by atoms with van der Waals surface area (Å²) >= 11 is 0. The smallest absolute Gasteiger partial charge is 0.394 e. The second-order valence-electron chi connectivity index (χ2n) is 6.98. The molecule has 32 heavy (non-hydrogen) atoms. The predicted molar refractivity (Wildman–Crippen MR) is 108 cm³/mol. The highest BCUT2D eigenvalue weighted by molar-refractivity contribution is 7.46. The quantitative estimate of drug-likeness (QED) is 0.196. The van der Waals surface area contributed by atoms with E-state index >= 15 is 0 Å². The number of aliphatic hydroxyl groups is 2. The molecule has 1 aromatic heterocycles. The third kappa shape index (κ3) is 5.19. The van der Waals surface area contributed by atoms with E-state index in [1.54, 1.807) is 19.1 Å². The van der Waals surface area contributed by atoms with Gasteiger partial charge in [0.25, 0.3) is 5.69 Å². The van der Waals surface area contributed by atoms with Crippen molar-refractivity contribution < 1.29 is 38.7 Å². The topological polar surface area (TPSA) is 207 Å². The zero-order chi connectivity index (χ0) is 23.6. The van der Waals surface area contributed by atoms with Crippen LogP contribution in [0.2, 0.25) is 0 Å². The van der Waals surface area contributed by atoms with Crippen LogP contribution >= 0.6 is 7.82 Å². The molecule has 1 saturated heterocycles. The molecule has 174 valence electrons. The van der Waals surface area contributed by atoms with Crippen molar-refractivity contribution in [1.82, 2.24) is 9.55 Å².